The molecule has 140 valence electrons. The molecule has 1 atom stereocenters. The number of hydrogen-bond acceptors (Lipinski definition) is 3. The molecule has 1 aromatic rings. The molecule has 2 aliphatic heterocycles. The highest BCUT2D eigenvalue weighted by Gasteiger charge is 2.46. The summed E-state index contributed by atoms with van der Waals surface area (Å²) in [6, 6.07) is 10.7. The normalized spacial score (nSPS) is 23.8. The van der Waals surface area contributed by atoms with E-state index in [1.165, 1.54) is 5.56 Å². The highest BCUT2D eigenvalue weighted by Crippen LogP contribution is 2.34. The summed E-state index contributed by atoms with van der Waals surface area (Å²) in [6.07, 6.45) is 2.85. The van der Waals surface area contributed by atoms with Gasteiger partial charge in [-0.1, -0.05) is 44.2 Å². The van der Waals surface area contributed by atoms with E-state index in [1.807, 2.05) is 11.9 Å². The zero-order valence-corrected chi connectivity index (χ0v) is 16.4. The number of morpholine rings is 1. The van der Waals surface area contributed by atoms with Gasteiger partial charge in [0.1, 0.15) is 6.10 Å². The van der Waals surface area contributed by atoms with E-state index in [0.29, 0.717) is 0 Å². The van der Waals surface area contributed by atoms with Crippen molar-refractivity contribution in [1.82, 2.24) is 9.80 Å². The Morgan fingerprint density at radius 2 is 1.84 bits per heavy atom. The number of amides is 1. The van der Waals surface area contributed by atoms with Gasteiger partial charge in [0.05, 0.1) is 5.60 Å². The fourth-order valence-corrected chi connectivity index (χ4v) is 3.90. The number of carbonyl (C=O) groups excluding carboxylic acids is 1. The minimum Gasteiger partial charge on any atom is -0.360 e. The van der Waals surface area contributed by atoms with Crippen molar-refractivity contribution in [1.29, 1.82) is 0 Å². The van der Waals surface area contributed by atoms with E-state index in [1.54, 1.807) is 0 Å². The molecule has 1 amide bonds. The molecule has 1 spiro atoms. The van der Waals surface area contributed by atoms with Crippen LogP contribution in [0.4, 0.5) is 0 Å². The number of piperidine rings is 1. The maximum absolute atomic E-state index is 12.3. The Labute approximate surface area is 157 Å². The minimum absolute atomic E-state index is 0. The van der Waals surface area contributed by atoms with E-state index >= 15 is 0 Å². The third-order valence-corrected chi connectivity index (χ3v) is 5.45. The van der Waals surface area contributed by atoms with Gasteiger partial charge >= 0.3 is 0 Å². The number of carbonyl (C=O) groups is 1. The van der Waals surface area contributed by atoms with Crippen LogP contribution in [-0.2, 0) is 16.0 Å². The number of halogens is 1. The van der Waals surface area contributed by atoms with Crippen molar-refractivity contribution in [2.75, 3.05) is 33.2 Å². The standard InChI is InChI=1S/C20H30N2O2.ClH/c1-16(2)18-19(23)21(3)15-20(24-18)10-13-22(14-11-20)12-9-17-7-5-4-6-8-17;/h4-8,16,18H,9-15H2,1-3H3;1H/t18-;/m1./s1. The SMILES string of the molecule is CC(C)[C@H]1OC2(CCN(CCc3ccccc3)CC2)CN(C)C1=O.Cl. The Morgan fingerprint density at radius 3 is 2.44 bits per heavy atom. The largest absolute Gasteiger partial charge is 0.360 e. The summed E-state index contributed by atoms with van der Waals surface area (Å²) in [5.74, 6) is 0.371. The molecule has 0 radical (unpaired) electrons. The first-order chi connectivity index (χ1) is 11.5. The first-order valence-electron chi connectivity index (χ1n) is 9.18. The van der Waals surface area contributed by atoms with Crippen molar-refractivity contribution in [3.05, 3.63) is 35.9 Å². The van der Waals surface area contributed by atoms with Gasteiger partial charge in [-0.3, -0.25) is 4.79 Å². The molecule has 5 heteroatoms. The molecule has 0 unspecified atom stereocenters. The van der Waals surface area contributed by atoms with Crippen LogP contribution >= 0.6 is 12.4 Å². The Kier molecular flexibility index (Phi) is 6.89. The lowest BCUT2D eigenvalue weighted by atomic mass is 9.87. The first-order valence-corrected chi connectivity index (χ1v) is 9.18. The average Bonchev–Trinajstić information content (AvgIpc) is 2.58. The van der Waals surface area contributed by atoms with Crippen LogP contribution in [0.3, 0.4) is 0 Å². The van der Waals surface area contributed by atoms with Crippen LogP contribution in [0, 0.1) is 5.92 Å². The van der Waals surface area contributed by atoms with Crippen LogP contribution < -0.4 is 0 Å². The third kappa shape index (κ3) is 4.75. The maximum atomic E-state index is 12.3. The molecule has 25 heavy (non-hydrogen) atoms. The van der Waals surface area contributed by atoms with Crippen molar-refractivity contribution in [3.8, 4) is 0 Å². The molecule has 0 bridgehead atoms. The van der Waals surface area contributed by atoms with E-state index in [2.05, 4.69) is 49.1 Å². The van der Waals surface area contributed by atoms with Gasteiger partial charge in [-0.15, -0.1) is 12.4 Å². The monoisotopic (exact) mass is 366 g/mol. The highest BCUT2D eigenvalue weighted by molar-refractivity contribution is 5.85. The summed E-state index contributed by atoms with van der Waals surface area (Å²) < 4.78 is 6.35. The van der Waals surface area contributed by atoms with Gasteiger partial charge in [-0.25, -0.2) is 0 Å². The molecular formula is C20H31ClN2O2. The summed E-state index contributed by atoms with van der Waals surface area (Å²) in [6.45, 7) is 8.10. The summed E-state index contributed by atoms with van der Waals surface area (Å²) in [4.78, 5) is 16.7. The van der Waals surface area contributed by atoms with Crippen LogP contribution in [0.15, 0.2) is 30.3 Å². The number of hydrogen-bond donors (Lipinski definition) is 0. The van der Waals surface area contributed by atoms with Crippen molar-refractivity contribution in [2.24, 2.45) is 5.92 Å². The van der Waals surface area contributed by atoms with Gasteiger partial charge in [0, 0.05) is 33.2 Å². The number of nitrogens with zero attached hydrogens (tertiary/aromatic N) is 2. The second-order valence-corrected chi connectivity index (χ2v) is 7.74. The molecule has 2 heterocycles. The maximum Gasteiger partial charge on any atom is 0.251 e. The zero-order chi connectivity index (χ0) is 17.2. The van der Waals surface area contributed by atoms with E-state index in [9.17, 15) is 4.79 Å². The first kappa shape index (κ1) is 20.2. The zero-order valence-electron chi connectivity index (χ0n) is 15.6. The van der Waals surface area contributed by atoms with Crippen LogP contribution in [0.25, 0.3) is 0 Å². The lowest BCUT2D eigenvalue weighted by Gasteiger charge is -2.49. The molecule has 0 saturated carbocycles. The molecule has 2 fully saturated rings. The molecule has 1 aromatic carbocycles. The molecule has 2 saturated heterocycles. The number of ether oxygens (including phenoxy) is 1. The quantitative estimate of drug-likeness (QED) is 0.821. The Bertz CT molecular complexity index is 556. The lowest BCUT2D eigenvalue weighted by Crippen LogP contribution is -2.62. The molecule has 0 aromatic heterocycles. The Balaban J connectivity index is 0.00000225. The average molecular weight is 367 g/mol. The smallest absolute Gasteiger partial charge is 0.251 e. The summed E-state index contributed by atoms with van der Waals surface area (Å²) >= 11 is 0. The number of likely N-dealkylation sites (N-methyl/N-ethyl adjacent to an activating group) is 1. The topological polar surface area (TPSA) is 32.8 Å². The van der Waals surface area contributed by atoms with Gasteiger partial charge in [0.2, 0.25) is 0 Å². The van der Waals surface area contributed by atoms with Gasteiger partial charge in [0.15, 0.2) is 0 Å². The van der Waals surface area contributed by atoms with Crippen molar-refractivity contribution in [3.63, 3.8) is 0 Å². The molecule has 4 nitrogen and oxygen atoms in total. The van der Waals surface area contributed by atoms with Crippen LogP contribution in [-0.4, -0.2) is 60.6 Å². The molecule has 0 N–H and O–H groups in total. The second-order valence-electron chi connectivity index (χ2n) is 7.74. The predicted molar refractivity (Wildman–Crippen MR) is 103 cm³/mol. The van der Waals surface area contributed by atoms with Crippen LogP contribution in [0.5, 0.6) is 0 Å². The molecule has 3 rings (SSSR count). The summed E-state index contributed by atoms with van der Waals surface area (Å²) in [7, 11) is 1.92. The van der Waals surface area contributed by atoms with E-state index < -0.39 is 0 Å². The number of likely N-dealkylation sites (tertiary alicyclic amines) is 1. The van der Waals surface area contributed by atoms with Crippen LogP contribution in [0.2, 0.25) is 0 Å². The van der Waals surface area contributed by atoms with E-state index in [0.717, 1.165) is 45.4 Å². The van der Waals surface area contributed by atoms with Crippen LogP contribution in [0.1, 0.15) is 32.3 Å². The van der Waals surface area contributed by atoms with Gasteiger partial charge in [0.25, 0.3) is 5.91 Å². The number of rotatable bonds is 4. The predicted octanol–water partition coefficient (Wildman–Crippen LogP) is 3.00. The number of benzene rings is 1. The van der Waals surface area contributed by atoms with E-state index in [-0.39, 0.29) is 35.9 Å². The summed E-state index contributed by atoms with van der Waals surface area (Å²) in [5.41, 5.74) is 1.26. The molecule has 0 aliphatic carbocycles. The van der Waals surface area contributed by atoms with E-state index in [4.69, 9.17) is 4.74 Å². The third-order valence-electron chi connectivity index (χ3n) is 5.45. The summed E-state index contributed by atoms with van der Waals surface area (Å²) in [5, 5.41) is 0. The van der Waals surface area contributed by atoms with Crippen molar-refractivity contribution in [2.45, 2.75) is 44.8 Å². The Hall–Kier alpha value is -1.10. The second kappa shape index (κ2) is 8.52. The Morgan fingerprint density at radius 1 is 1.20 bits per heavy atom. The van der Waals surface area contributed by atoms with Crippen molar-refractivity contribution < 1.29 is 9.53 Å². The fourth-order valence-electron chi connectivity index (χ4n) is 3.90. The van der Waals surface area contributed by atoms with Gasteiger partial charge in [-0.05, 0) is 30.7 Å². The molecule has 2 aliphatic rings. The van der Waals surface area contributed by atoms with Crippen molar-refractivity contribution >= 4 is 18.3 Å². The molecular weight excluding hydrogens is 336 g/mol. The van der Waals surface area contributed by atoms with Gasteiger partial charge < -0.3 is 14.5 Å². The highest BCUT2D eigenvalue weighted by atomic mass is 35.5. The van der Waals surface area contributed by atoms with Gasteiger partial charge in [-0.2, -0.15) is 0 Å². The minimum atomic E-state index is -0.278. The lowest BCUT2D eigenvalue weighted by molar-refractivity contribution is -0.197. The fraction of sp³-hybridized carbons (Fsp3) is 0.650.